The molecule has 0 spiro atoms. The van der Waals surface area contributed by atoms with Gasteiger partial charge < -0.3 is 15.5 Å². The first-order chi connectivity index (χ1) is 9.50. The number of carbonyl (C=O) groups excluding carboxylic acids is 1. The summed E-state index contributed by atoms with van der Waals surface area (Å²) in [6.07, 6.45) is 5.18. The molecule has 2 N–H and O–H groups in total. The van der Waals surface area contributed by atoms with E-state index in [1.165, 1.54) is 25.8 Å². The average molecular weight is 283 g/mol. The maximum absolute atomic E-state index is 11.7. The van der Waals surface area contributed by atoms with Gasteiger partial charge in [0.15, 0.2) is 0 Å². The van der Waals surface area contributed by atoms with Gasteiger partial charge in [-0.3, -0.25) is 4.79 Å². The smallest absolute Gasteiger partial charge is 0.234 e. The van der Waals surface area contributed by atoms with Crippen LogP contribution in [-0.4, -0.2) is 49.1 Å². The molecular weight excluding hydrogens is 250 g/mol. The van der Waals surface area contributed by atoms with Gasteiger partial charge in [0.25, 0.3) is 0 Å². The van der Waals surface area contributed by atoms with Gasteiger partial charge in [0.1, 0.15) is 0 Å². The van der Waals surface area contributed by atoms with Crippen molar-refractivity contribution in [2.45, 2.75) is 65.5 Å². The molecule has 0 aliphatic carbocycles. The van der Waals surface area contributed by atoms with Crippen molar-refractivity contribution in [3.05, 3.63) is 0 Å². The van der Waals surface area contributed by atoms with E-state index in [2.05, 4.69) is 43.2 Å². The molecule has 0 aromatic carbocycles. The van der Waals surface area contributed by atoms with E-state index >= 15 is 0 Å². The molecule has 1 saturated heterocycles. The van der Waals surface area contributed by atoms with E-state index in [9.17, 15) is 4.79 Å². The Morgan fingerprint density at radius 2 is 2.05 bits per heavy atom. The van der Waals surface area contributed by atoms with Crippen LogP contribution in [-0.2, 0) is 4.79 Å². The molecule has 20 heavy (non-hydrogen) atoms. The van der Waals surface area contributed by atoms with E-state index in [-0.39, 0.29) is 11.9 Å². The van der Waals surface area contributed by atoms with Gasteiger partial charge in [0, 0.05) is 12.1 Å². The predicted molar refractivity (Wildman–Crippen MR) is 84.8 cm³/mol. The van der Waals surface area contributed by atoms with Crippen molar-refractivity contribution in [1.82, 2.24) is 15.5 Å². The molecule has 0 bridgehead atoms. The maximum atomic E-state index is 11.7. The Bertz CT molecular complexity index is 281. The van der Waals surface area contributed by atoms with E-state index < -0.39 is 0 Å². The lowest BCUT2D eigenvalue weighted by atomic mass is 10.0. The van der Waals surface area contributed by atoms with E-state index in [4.69, 9.17) is 0 Å². The van der Waals surface area contributed by atoms with Crippen LogP contribution in [0.5, 0.6) is 0 Å². The molecule has 118 valence electrons. The van der Waals surface area contributed by atoms with Crippen LogP contribution in [0.25, 0.3) is 0 Å². The van der Waals surface area contributed by atoms with Gasteiger partial charge in [-0.05, 0) is 58.7 Å². The Hall–Kier alpha value is -0.610. The van der Waals surface area contributed by atoms with Crippen LogP contribution in [0.2, 0.25) is 0 Å². The minimum atomic E-state index is 0.109. The Morgan fingerprint density at radius 3 is 2.70 bits per heavy atom. The van der Waals surface area contributed by atoms with Gasteiger partial charge >= 0.3 is 0 Å². The summed E-state index contributed by atoms with van der Waals surface area (Å²) < 4.78 is 0. The summed E-state index contributed by atoms with van der Waals surface area (Å²) in [5.74, 6) is 0.595. The summed E-state index contributed by atoms with van der Waals surface area (Å²) in [5.41, 5.74) is 0. The number of hydrogen-bond acceptors (Lipinski definition) is 3. The molecule has 1 aliphatic rings. The fourth-order valence-corrected chi connectivity index (χ4v) is 2.57. The lowest BCUT2D eigenvalue weighted by Gasteiger charge is -2.33. The third-order valence-corrected chi connectivity index (χ3v) is 4.41. The number of nitrogens with zero attached hydrogens (tertiary/aromatic N) is 1. The SMILES string of the molecule is CC(C)C(C)NC(=O)CNCCCN1CCCCC1C. The van der Waals surface area contributed by atoms with Crippen molar-refractivity contribution in [3.63, 3.8) is 0 Å². The van der Waals surface area contributed by atoms with Crippen molar-refractivity contribution >= 4 is 5.91 Å². The zero-order valence-electron chi connectivity index (χ0n) is 13.7. The summed E-state index contributed by atoms with van der Waals surface area (Å²) in [6, 6.07) is 0.984. The highest BCUT2D eigenvalue weighted by atomic mass is 16.1. The van der Waals surface area contributed by atoms with Gasteiger partial charge in [0.2, 0.25) is 5.91 Å². The molecule has 1 heterocycles. The number of carbonyl (C=O) groups is 1. The second-order valence-corrected chi connectivity index (χ2v) is 6.51. The maximum Gasteiger partial charge on any atom is 0.234 e. The van der Waals surface area contributed by atoms with E-state index in [1.807, 2.05) is 0 Å². The number of nitrogens with one attached hydrogen (secondary N) is 2. The molecular formula is C16H33N3O. The summed E-state index contributed by atoms with van der Waals surface area (Å²) in [7, 11) is 0. The number of rotatable bonds is 8. The molecule has 0 aromatic rings. The Labute approximate surface area is 124 Å². The number of piperidine rings is 1. The van der Waals surface area contributed by atoms with E-state index in [0.717, 1.165) is 25.6 Å². The molecule has 0 saturated carbocycles. The number of amides is 1. The van der Waals surface area contributed by atoms with Crippen molar-refractivity contribution in [3.8, 4) is 0 Å². The van der Waals surface area contributed by atoms with Crippen LogP contribution in [0, 0.1) is 5.92 Å². The van der Waals surface area contributed by atoms with Gasteiger partial charge in [-0.2, -0.15) is 0 Å². The summed E-state index contributed by atoms with van der Waals surface area (Å²) in [6.45, 7) is 12.4. The summed E-state index contributed by atoms with van der Waals surface area (Å²) in [5, 5.41) is 6.26. The van der Waals surface area contributed by atoms with Crippen LogP contribution in [0.3, 0.4) is 0 Å². The zero-order valence-corrected chi connectivity index (χ0v) is 13.7. The van der Waals surface area contributed by atoms with Crippen molar-refractivity contribution in [2.24, 2.45) is 5.92 Å². The first kappa shape index (κ1) is 17.4. The molecule has 2 atom stereocenters. The highest BCUT2D eigenvalue weighted by Gasteiger charge is 2.17. The normalized spacial score (nSPS) is 21.9. The third kappa shape index (κ3) is 6.71. The fourth-order valence-electron chi connectivity index (χ4n) is 2.57. The van der Waals surface area contributed by atoms with Gasteiger partial charge in [0.05, 0.1) is 6.54 Å². The average Bonchev–Trinajstić information content (AvgIpc) is 2.40. The minimum Gasteiger partial charge on any atom is -0.352 e. The standard InChI is InChI=1S/C16H33N3O/c1-13(2)15(4)18-16(20)12-17-9-7-11-19-10-6-5-8-14(19)3/h13-15,17H,5-12H2,1-4H3,(H,18,20). The zero-order chi connectivity index (χ0) is 15.0. The molecule has 1 rings (SSSR count). The van der Waals surface area contributed by atoms with Crippen LogP contribution in [0.15, 0.2) is 0 Å². The third-order valence-electron chi connectivity index (χ3n) is 4.41. The van der Waals surface area contributed by atoms with Crippen molar-refractivity contribution in [2.75, 3.05) is 26.2 Å². The first-order valence-corrected chi connectivity index (χ1v) is 8.25. The fraction of sp³-hybridized carbons (Fsp3) is 0.938. The highest BCUT2D eigenvalue weighted by Crippen LogP contribution is 2.15. The van der Waals surface area contributed by atoms with E-state index in [0.29, 0.717) is 12.5 Å². The first-order valence-electron chi connectivity index (χ1n) is 8.25. The summed E-state index contributed by atoms with van der Waals surface area (Å²) >= 11 is 0. The Kier molecular flexibility index (Phi) is 8.15. The van der Waals surface area contributed by atoms with Gasteiger partial charge in [-0.15, -0.1) is 0 Å². The second-order valence-electron chi connectivity index (χ2n) is 6.51. The van der Waals surface area contributed by atoms with Crippen LogP contribution in [0.1, 0.15) is 53.4 Å². The van der Waals surface area contributed by atoms with Gasteiger partial charge in [-0.1, -0.05) is 20.3 Å². The van der Waals surface area contributed by atoms with Gasteiger partial charge in [-0.25, -0.2) is 0 Å². The monoisotopic (exact) mass is 283 g/mol. The molecule has 1 aliphatic heterocycles. The van der Waals surface area contributed by atoms with Crippen LogP contribution < -0.4 is 10.6 Å². The Balaban J connectivity index is 2.02. The molecule has 1 fully saturated rings. The molecule has 4 heteroatoms. The minimum absolute atomic E-state index is 0.109. The topological polar surface area (TPSA) is 44.4 Å². The molecule has 0 aromatic heterocycles. The lowest BCUT2D eigenvalue weighted by molar-refractivity contribution is -0.121. The highest BCUT2D eigenvalue weighted by molar-refractivity contribution is 5.78. The van der Waals surface area contributed by atoms with Crippen molar-refractivity contribution in [1.29, 1.82) is 0 Å². The quantitative estimate of drug-likeness (QED) is 0.670. The summed E-state index contributed by atoms with van der Waals surface area (Å²) in [4.78, 5) is 14.3. The molecule has 0 radical (unpaired) electrons. The largest absolute Gasteiger partial charge is 0.352 e. The second kappa shape index (κ2) is 9.35. The van der Waals surface area contributed by atoms with E-state index in [1.54, 1.807) is 0 Å². The number of hydrogen-bond donors (Lipinski definition) is 2. The molecule has 1 amide bonds. The van der Waals surface area contributed by atoms with Crippen LogP contribution >= 0.6 is 0 Å². The Morgan fingerprint density at radius 1 is 1.30 bits per heavy atom. The predicted octanol–water partition coefficient (Wildman–Crippen LogP) is 2.00. The van der Waals surface area contributed by atoms with Crippen LogP contribution in [0.4, 0.5) is 0 Å². The molecule has 4 nitrogen and oxygen atoms in total. The lowest BCUT2D eigenvalue weighted by Crippen LogP contribution is -2.42. The number of likely N-dealkylation sites (tertiary alicyclic amines) is 1. The van der Waals surface area contributed by atoms with Crippen molar-refractivity contribution < 1.29 is 4.79 Å². The molecule has 2 unspecified atom stereocenters.